The van der Waals surface area contributed by atoms with Crippen molar-refractivity contribution in [1.82, 2.24) is 5.32 Å². The Hall–Kier alpha value is -0.570. The Kier molecular flexibility index (Phi) is 2.41. The molecule has 0 aromatic carbocycles. The molecule has 76 valence electrons. The van der Waals surface area contributed by atoms with Crippen LogP contribution in [0.5, 0.6) is 0 Å². The van der Waals surface area contributed by atoms with Gasteiger partial charge in [0.25, 0.3) is 0 Å². The van der Waals surface area contributed by atoms with Gasteiger partial charge in [0.2, 0.25) is 0 Å². The van der Waals surface area contributed by atoms with Crippen LogP contribution in [0.4, 0.5) is 0 Å². The molecule has 1 unspecified atom stereocenters. The molecule has 2 N–H and O–H groups in total. The predicted octanol–water partition coefficient (Wildman–Crippen LogP) is 1.63. The molecule has 1 saturated heterocycles. The Bertz CT molecular complexity index is 221. The van der Waals surface area contributed by atoms with Crippen LogP contribution < -0.4 is 5.32 Å². The lowest BCUT2D eigenvalue weighted by atomic mass is 9.75. The first kappa shape index (κ1) is 10.5. The zero-order valence-electron chi connectivity index (χ0n) is 8.85. The molecule has 1 aliphatic rings. The van der Waals surface area contributed by atoms with Gasteiger partial charge in [0, 0.05) is 11.1 Å². The first-order valence-corrected chi connectivity index (χ1v) is 4.77. The van der Waals surface area contributed by atoms with Crippen LogP contribution >= 0.6 is 0 Å². The van der Waals surface area contributed by atoms with Crippen LogP contribution in [0.2, 0.25) is 0 Å². The highest BCUT2D eigenvalue weighted by molar-refractivity contribution is 5.71. The summed E-state index contributed by atoms with van der Waals surface area (Å²) >= 11 is 0. The summed E-state index contributed by atoms with van der Waals surface area (Å²) in [7, 11) is 0. The highest BCUT2D eigenvalue weighted by Crippen LogP contribution is 2.33. The SMILES string of the molecule is CC1(C)CCC(C(=O)O)C(C)(C)N1. The van der Waals surface area contributed by atoms with Gasteiger partial charge >= 0.3 is 5.97 Å². The average molecular weight is 185 g/mol. The number of hydrogen-bond acceptors (Lipinski definition) is 2. The summed E-state index contributed by atoms with van der Waals surface area (Å²) < 4.78 is 0. The van der Waals surface area contributed by atoms with E-state index in [9.17, 15) is 4.79 Å². The molecule has 0 radical (unpaired) electrons. The van der Waals surface area contributed by atoms with Gasteiger partial charge in [0.15, 0.2) is 0 Å². The summed E-state index contributed by atoms with van der Waals surface area (Å²) in [4.78, 5) is 10.9. The number of carboxylic acids is 1. The van der Waals surface area contributed by atoms with E-state index in [-0.39, 0.29) is 17.0 Å². The molecule has 3 heteroatoms. The molecule has 0 bridgehead atoms. The van der Waals surface area contributed by atoms with E-state index in [1.807, 2.05) is 13.8 Å². The fourth-order valence-corrected chi connectivity index (χ4v) is 2.32. The quantitative estimate of drug-likeness (QED) is 0.652. The maximum absolute atomic E-state index is 10.9. The van der Waals surface area contributed by atoms with Crippen molar-refractivity contribution in [2.75, 3.05) is 0 Å². The van der Waals surface area contributed by atoms with Gasteiger partial charge in [-0.05, 0) is 40.5 Å². The number of carbonyl (C=O) groups is 1. The van der Waals surface area contributed by atoms with Crippen LogP contribution in [0, 0.1) is 5.92 Å². The molecule has 0 aromatic heterocycles. The lowest BCUT2D eigenvalue weighted by Crippen LogP contribution is -2.61. The average Bonchev–Trinajstić information content (AvgIpc) is 1.79. The molecule has 0 amide bonds. The standard InChI is InChI=1S/C10H19NO2/c1-9(2)6-5-7(8(12)13)10(3,4)11-9/h7,11H,5-6H2,1-4H3,(H,12,13). The summed E-state index contributed by atoms with van der Waals surface area (Å²) in [5.41, 5.74) is -0.233. The normalized spacial score (nSPS) is 31.2. The number of aliphatic carboxylic acids is 1. The molecule has 1 heterocycles. The summed E-state index contributed by atoms with van der Waals surface area (Å²) in [6.07, 6.45) is 1.69. The van der Waals surface area contributed by atoms with Crippen molar-refractivity contribution >= 4 is 5.97 Å². The number of piperidine rings is 1. The predicted molar refractivity (Wildman–Crippen MR) is 51.7 cm³/mol. The van der Waals surface area contributed by atoms with Gasteiger partial charge in [0.05, 0.1) is 5.92 Å². The van der Waals surface area contributed by atoms with E-state index in [1.165, 1.54) is 0 Å². The molecule has 1 aliphatic heterocycles. The summed E-state index contributed by atoms with van der Waals surface area (Å²) in [6, 6.07) is 0. The molecule has 1 fully saturated rings. The second kappa shape index (κ2) is 2.98. The smallest absolute Gasteiger partial charge is 0.308 e. The van der Waals surface area contributed by atoms with Crippen LogP contribution in [0.3, 0.4) is 0 Å². The fourth-order valence-electron chi connectivity index (χ4n) is 2.32. The minimum Gasteiger partial charge on any atom is -0.481 e. The van der Waals surface area contributed by atoms with Gasteiger partial charge in [-0.25, -0.2) is 0 Å². The molecule has 3 nitrogen and oxygen atoms in total. The highest BCUT2D eigenvalue weighted by Gasteiger charge is 2.43. The molecular formula is C10H19NO2. The Morgan fingerprint density at radius 2 is 1.92 bits per heavy atom. The second-order valence-electron chi connectivity index (χ2n) is 5.16. The third-order valence-electron chi connectivity index (χ3n) is 2.89. The fraction of sp³-hybridized carbons (Fsp3) is 0.900. The van der Waals surface area contributed by atoms with Gasteiger partial charge in [-0.1, -0.05) is 0 Å². The van der Waals surface area contributed by atoms with Crippen LogP contribution in [-0.4, -0.2) is 22.2 Å². The third kappa shape index (κ3) is 2.21. The number of hydrogen-bond donors (Lipinski definition) is 2. The molecule has 13 heavy (non-hydrogen) atoms. The van der Waals surface area contributed by atoms with Crippen molar-refractivity contribution in [2.45, 2.75) is 51.6 Å². The maximum atomic E-state index is 10.9. The largest absolute Gasteiger partial charge is 0.481 e. The molecule has 0 spiro atoms. The topological polar surface area (TPSA) is 49.3 Å². The third-order valence-corrected chi connectivity index (χ3v) is 2.89. The van der Waals surface area contributed by atoms with E-state index in [0.717, 1.165) is 12.8 Å². The summed E-state index contributed by atoms with van der Waals surface area (Å²) in [6.45, 7) is 8.17. The Morgan fingerprint density at radius 3 is 2.31 bits per heavy atom. The van der Waals surface area contributed by atoms with Gasteiger partial charge in [0.1, 0.15) is 0 Å². The van der Waals surface area contributed by atoms with Crippen molar-refractivity contribution in [3.8, 4) is 0 Å². The van der Waals surface area contributed by atoms with E-state index in [2.05, 4.69) is 19.2 Å². The Balaban J connectivity index is 2.79. The van der Waals surface area contributed by atoms with Crippen LogP contribution in [0.25, 0.3) is 0 Å². The van der Waals surface area contributed by atoms with Gasteiger partial charge in [-0.15, -0.1) is 0 Å². The van der Waals surface area contributed by atoms with Crippen molar-refractivity contribution in [2.24, 2.45) is 5.92 Å². The minimum atomic E-state index is -0.687. The van der Waals surface area contributed by atoms with Gasteiger partial charge < -0.3 is 10.4 Å². The van der Waals surface area contributed by atoms with E-state index >= 15 is 0 Å². The van der Waals surface area contributed by atoms with Gasteiger partial charge in [-0.3, -0.25) is 4.79 Å². The maximum Gasteiger partial charge on any atom is 0.308 e. The summed E-state index contributed by atoms with van der Waals surface area (Å²) in [5, 5.41) is 12.4. The van der Waals surface area contributed by atoms with E-state index in [0.29, 0.717) is 0 Å². The zero-order chi connectivity index (χ0) is 10.3. The monoisotopic (exact) mass is 185 g/mol. The summed E-state index contributed by atoms with van der Waals surface area (Å²) in [5.74, 6) is -0.950. The first-order valence-electron chi connectivity index (χ1n) is 4.77. The molecule has 1 atom stereocenters. The zero-order valence-corrected chi connectivity index (χ0v) is 8.85. The van der Waals surface area contributed by atoms with E-state index in [1.54, 1.807) is 0 Å². The number of carboxylic acid groups (broad SMARTS) is 1. The lowest BCUT2D eigenvalue weighted by Gasteiger charge is -2.46. The Labute approximate surface area is 79.5 Å². The van der Waals surface area contributed by atoms with Crippen LogP contribution in [0.15, 0.2) is 0 Å². The highest BCUT2D eigenvalue weighted by atomic mass is 16.4. The number of rotatable bonds is 1. The minimum absolute atomic E-state index is 0.0649. The molecule has 0 saturated carbocycles. The van der Waals surface area contributed by atoms with E-state index < -0.39 is 5.97 Å². The molecule has 0 aliphatic carbocycles. The second-order valence-corrected chi connectivity index (χ2v) is 5.16. The first-order chi connectivity index (χ1) is 5.75. The van der Waals surface area contributed by atoms with Crippen molar-refractivity contribution in [3.05, 3.63) is 0 Å². The molecule has 0 aromatic rings. The van der Waals surface area contributed by atoms with Crippen molar-refractivity contribution < 1.29 is 9.90 Å². The van der Waals surface area contributed by atoms with Crippen LogP contribution in [0.1, 0.15) is 40.5 Å². The lowest BCUT2D eigenvalue weighted by molar-refractivity contribution is -0.146. The van der Waals surface area contributed by atoms with Crippen LogP contribution in [-0.2, 0) is 4.79 Å². The Morgan fingerprint density at radius 1 is 1.38 bits per heavy atom. The molecular weight excluding hydrogens is 166 g/mol. The van der Waals surface area contributed by atoms with E-state index in [4.69, 9.17) is 5.11 Å². The van der Waals surface area contributed by atoms with Gasteiger partial charge in [-0.2, -0.15) is 0 Å². The van der Waals surface area contributed by atoms with Crippen molar-refractivity contribution in [3.63, 3.8) is 0 Å². The number of nitrogens with one attached hydrogen (secondary N) is 1. The molecule has 1 rings (SSSR count). The van der Waals surface area contributed by atoms with Crippen molar-refractivity contribution in [1.29, 1.82) is 0 Å².